The molecule has 2 aromatic rings. The molecule has 2 aliphatic heterocycles. The monoisotopic (exact) mass is 382 g/mol. The molecule has 0 bridgehead atoms. The van der Waals surface area contributed by atoms with Gasteiger partial charge in [-0.2, -0.15) is 0 Å². The molecule has 2 fully saturated rings. The smallest absolute Gasteiger partial charge is 0.236 e. The van der Waals surface area contributed by atoms with E-state index in [2.05, 4.69) is 15.6 Å². The average Bonchev–Trinajstić information content (AvgIpc) is 3.09. The third-order valence-corrected chi connectivity index (χ3v) is 5.63. The number of para-hydroxylation sites is 1. The number of aromatic nitrogens is 3. The standard InChI is InChI=1S/C20H26N6O2/c1-15-18(22-23-26(15)16-6-3-2-4-7-16)12-19(27)24-10-5-8-17(14-24)25-11-9-21-13-20(25)28/h2-4,6-7,17,21H,5,8-14H2,1H3. The number of piperidine rings is 1. The number of rotatable bonds is 4. The highest BCUT2D eigenvalue weighted by atomic mass is 16.2. The fourth-order valence-electron chi connectivity index (χ4n) is 4.04. The van der Waals surface area contributed by atoms with Crippen LogP contribution in [0, 0.1) is 6.92 Å². The van der Waals surface area contributed by atoms with Crippen LogP contribution in [0.15, 0.2) is 30.3 Å². The lowest BCUT2D eigenvalue weighted by Crippen LogP contribution is -2.57. The van der Waals surface area contributed by atoms with E-state index in [1.54, 1.807) is 4.68 Å². The molecule has 0 spiro atoms. The van der Waals surface area contributed by atoms with Crippen LogP contribution in [0.2, 0.25) is 0 Å². The van der Waals surface area contributed by atoms with E-state index in [4.69, 9.17) is 0 Å². The zero-order chi connectivity index (χ0) is 19.5. The van der Waals surface area contributed by atoms with Crippen molar-refractivity contribution in [3.8, 4) is 5.69 Å². The molecule has 148 valence electrons. The first-order chi connectivity index (χ1) is 13.6. The second-order valence-electron chi connectivity index (χ2n) is 7.45. The number of hydrogen-bond acceptors (Lipinski definition) is 5. The fraction of sp³-hybridized carbons (Fsp3) is 0.500. The summed E-state index contributed by atoms with van der Waals surface area (Å²) in [6.45, 7) is 5.21. The lowest BCUT2D eigenvalue weighted by molar-refractivity contribution is -0.140. The molecule has 2 saturated heterocycles. The molecule has 2 amide bonds. The summed E-state index contributed by atoms with van der Waals surface area (Å²) in [5.41, 5.74) is 2.51. The molecule has 0 saturated carbocycles. The first kappa shape index (κ1) is 18.6. The normalized spacial score (nSPS) is 20.5. The molecule has 0 radical (unpaired) electrons. The van der Waals surface area contributed by atoms with Crippen molar-refractivity contribution in [3.63, 3.8) is 0 Å². The minimum Gasteiger partial charge on any atom is -0.340 e. The maximum Gasteiger partial charge on any atom is 0.236 e. The first-order valence-corrected chi connectivity index (χ1v) is 9.88. The molecule has 1 unspecified atom stereocenters. The van der Waals surface area contributed by atoms with Crippen molar-refractivity contribution >= 4 is 11.8 Å². The number of carbonyl (C=O) groups is 2. The van der Waals surface area contributed by atoms with Crippen molar-refractivity contribution in [1.29, 1.82) is 0 Å². The van der Waals surface area contributed by atoms with Crippen molar-refractivity contribution in [3.05, 3.63) is 41.7 Å². The number of benzene rings is 1. The van der Waals surface area contributed by atoms with Crippen LogP contribution in [0.1, 0.15) is 24.2 Å². The molecule has 2 aliphatic rings. The first-order valence-electron chi connectivity index (χ1n) is 9.88. The Kier molecular flexibility index (Phi) is 5.38. The van der Waals surface area contributed by atoms with Gasteiger partial charge in [0.25, 0.3) is 0 Å². The predicted molar refractivity (Wildman–Crippen MR) is 104 cm³/mol. The number of amides is 2. The molecule has 8 nitrogen and oxygen atoms in total. The van der Waals surface area contributed by atoms with Crippen LogP contribution in [-0.2, 0) is 16.0 Å². The van der Waals surface area contributed by atoms with Gasteiger partial charge in [-0.15, -0.1) is 5.10 Å². The number of carbonyl (C=O) groups excluding carboxylic acids is 2. The summed E-state index contributed by atoms with van der Waals surface area (Å²) in [5, 5.41) is 11.6. The number of likely N-dealkylation sites (tertiary alicyclic amines) is 1. The topological polar surface area (TPSA) is 83.4 Å². The van der Waals surface area contributed by atoms with Crippen LogP contribution in [0.3, 0.4) is 0 Å². The molecule has 1 aromatic carbocycles. The highest BCUT2D eigenvalue weighted by Gasteiger charge is 2.32. The number of nitrogens with zero attached hydrogens (tertiary/aromatic N) is 5. The summed E-state index contributed by atoms with van der Waals surface area (Å²) in [7, 11) is 0. The van der Waals surface area contributed by atoms with Crippen LogP contribution in [0.5, 0.6) is 0 Å². The van der Waals surface area contributed by atoms with E-state index in [0.29, 0.717) is 18.8 Å². The Morgan fingerprint density at radius 2 is 2.07 bits per heavy atom. The lowest BCUT2D eigenvalue weighted by atomic mass is 10.0. The third-order valence-electron chi connectivity index (χ3n) is 5.63. The predicted octanol–water partition coefficient (Wildman–Crippen LogP) is 0.541. The SMILES string of the molecule is Cc1c(CC(=O)N2CCCC(N3CCNCC3=O)C2)nnn1-c1ccccc1. The van der Waals surface area contributed by atoms with Crippen molar-refractivity contribution < 1.29 is 9.59 Å². The van der Waals surface area contributed by atoms with Gasteiger partial charge < -0.3 is 15.1 Å². The summed E-state index contributed by atoms with van der Waals surface area (Å²) < 4.78 is 1.76. The molecule has 3 heterocycles. The van der Waals surface area contributed by atoms with Crippen molar-refractivity contribution in [1.82, 2.24) is 30.1 Å². The molecular weight excluding hydrogens is 356 g/mol. The number of nitrogens with one attached hydrogen (secondary N) is 1. The molecule has 28 heavy (non-hydrogen) atoms. The van der Waals surface area contributed by atoms with Gasteiger partial charge in [0.05, 0.1) is 30.0 Å². The quantitative estimate of drug-likeness (QED) is 0.835. The van der Waals surface area contributed by atoms with Crippen molar-refractivity contribution in [2.24, 2.45) is 0 Å². The Morgan fingerprint density at radius 1 is 1.25 bits per heavy atom. The maximum atomic E-state index is 12.9. The minimum atomic E-state index is 0.0514. The molecule has 1 N–H and O–H groups in total. The molecule has 1 aromatic heterocycles. The number of hydrogen-bond donors (Lipinski definition) is 1. The van der Waals surface area contributed by atoms with Crippen molar-refractivity contribution in [2.45, 2.75) is 32.2 Å². The van der Waals surface area contributed by atoms with Gasteiger partial charge in [0.2, 0.25) is 11.8 Å². The average molecular weight is 382 g/mol. The van der Waals surface area contributed by atoms with E-state index in [1.807, 2.05) is 47.1 Å². The second-order valence-corrected chi connectivity index (χ2v) is 7.45. The molecule has 0 aliphatic carbocycles. The molecule has 8 heteroatoms. The Bertz CT molecular complexity index is 850. The van der Waals surface area contributed by atoms with E-state index in [0.717, 1.165) is 43.9 Å². The lowest BCUT2D eigenvalue weighted by Gasteiger charge is -2.41. The highest BCUT2D eigenvalue weighted by Crippen LogP contribution is 2.19. The van der Waals surface area contributed by atoms with Gasteiger partial charge in [-0.3, -0.25) is 9.59 Å². The van der Waals surface area contributed by atoms with Gasteiger partial charge in [-0.05, 0) is 31.9 Å². The summed E-state index contributed by atoms with van der Waals surface area (Å²) in [6.07, 6.45) is 2.11. The Hall–Kier alpha value is -2.74. The Balaban J connectivity index is 1.42. The van der Waals surface area contributed by atoms with Crippen LogP contribution >= 0.6 is 0 Å². The fourth-order valence-corrected chi connectivity index (χ4v) is 4.04. The highest BCUT2D eigenvalue weighted by molar-refractivity contribution is 5.80. The Morgan fingerprint density at radius 3 is 2.86 bits per heavy atom. The summed E-state index contributed by atoms with van der Waals surface area (Å²) in [6, 6.07) is 9.91. The van der Waals surface area contributed by atoms with Crippen LogP contribution in [-0.4, -0.2) is 75.4 Å². The second kappa shape index (κ2) is 8.10. The number of piperazine rings is 1. The molecule has 4 rings (SSSR count). The van der Waals surface area contributed by atoms with Gasteiger partial charge in [-0.1, -0.05) is 23.4 Å². The van der Waals surface area contributed by atoms with Crippen molar-refractivity contribution in [2.75, 3.05) is 32.7 Å². The van der Waals surface area contributed by atoms with E-state index in [-0.39, 0.29) is 24.3 Å². The van der Waals surface area contributed by atoms with E-state index < -0.39 is 0 Å². The minimum absolute atomic E-state index is 0.0514. The molecule has 1 atom stereocenters. The maximum absolute atomic E-state index is 12.9. The summed E-state index contributed by atoms with van der Waals surface area (Å²) in [5.74, 6) is 0.183. The zero-order valence-electron chi connectivity index (χ0n) is 16.2. The third kappa shape index (κ3) is 3.77. The van der Waals surface area contributed by atoms with Gasteiger partial charge in [0.1, 0.15) is 0 Å². The largest absolute Gasteiger partial charge is 0.340 e. The van der Waals surface area contributed by atoms with Crippen LogP contribution in [0.25, 0.3) is 5.69 Å². The van der Waals surface area contributed by atoms with Gasteiger partial charge >= 0.3 is 0 Å². The molecular formula is C20H26N6O2. The van der Waals surface area contributed by atoms with Crippen LogP contribution < -0.4 is 5.32 Å². The van der Waals surface area contributed by atoms with E-state index >= 15 is 0 Å². The zero-order valence-corrected chi connectivity index (χ0v) is 16.2. The van der Waals surface area contributed by atoms with Gasteiger partial charge in [0.15, 0.2) is 0 Å². The van der Waals surface area contributed by atoms with Gasteiger partial charge in [-0.25, -0.2) is 4.68 Å². The van der Waals surface area contributed by atoms with E-state index in [9.17, 15) is 9.59 Å². The van der Waals surface area contributed by atoms with Gasteiger partial charge in [0, 0.05) is 32.2 Å². The van der Waals surface area contributed by atoms with E-state index in [1.165, 1.54) is 0 Å². The Labute approximate surface area is 164 Å². The van der Waals surface area contributed by atoms with Crippen LogP contribution in [0.4, 0.5) is 0 Å². The summed E-state index contributed by atoms with van der Waals surface area (Å²) >= 11 is 0. The summed E-state index contributed by atoms with van der Waals surface area (Å²) in [4.78, 5) is 28.9.